The summed E-state index contributed by atoms with van der Waals surface area (Å²) in [6.45, 7) is 0. The molecular weight excluding hydrogens is 314 g/mol. The summed E-state index contributed by atoms with van der Waals surface area (Å²) in [5.74, 6) is 0.301. The fraction of sp³-hybridized carbons (Fsp3) is 0.500. The highest BCUT2D eigenvalue weighted by Crippen LogP contribution is 2.28. The maximum atomic E-state index is 12.2. The Kier molecular flexibility index (Phi) is 5.07. The lowest BCUT2D eigenvalue weighted by Crippen LogP contribution is -2.22. The Balaban J connectivity index is 2.01. The number of hydrogen-bond acceptors (Lipinski definition) is 1. The zero-order chi connectivity index (χ0) is 13.0. The monoisotopic (exact) mass is 329 g/mol. The normalized spacial score (nSPS) is 17.2. The standard InChI is InChI=1S/C14H17BrClNO/c15-12-9-11(16)7-8-13(12)17-14(18)10-5-3-1-2-4-6-10/h7-10H,1-6H2,(H,17,18). The summed E-state index contributed by atoms with van der Waals surface area (Å²) < 4.78 is 0.831. The van der Waals surface area contributed by atoms with Crippen LogP contribution < -0.4 is 5.32 Å². The van der Waals surface area contributed by atoms with Gasteiger partial charge >= 0.3 is 0 Å². The van der Waals surface area contributed by atoms with E-state index < -0.39 is 0 Å². The summed E-state index contributed by atoms with van der Waals surface area (Å²) in [4.78, 5) is 12.2. The Hall–Kier alpha value is -0.540. The molecule has 0 aromatic heterocycles. The largest absolute Gasteiger partial charge is 0.325 e. The van der Waals surface area contributed by atoms with E-state index in [4.69, 9.17) is 11.6 Å². The van der Waals surface area contributed by atoms with Crippen LogP contribution in [0, 0.1) is 5.92 Å². The summed E-state index contributed by atoms with van der Waals surface area (Å²) in [5, 5.41) is 3.65. The van der Waals surface area contributed by atoms with Crippen molar-refractivity contribution in [2.24, 2.45) is 5.92 Å². The lowest BCUT2D eigenvalue weighted by molar-refractivity contribution is -0.120. The summed E-state index contributed by atoms with van der Waals surface area (Å²) in [5.41, 5.74) is 0.800. The summed E-state index contributed by atoms with van der Waals surface area (Å²) >= 11 is 9.30. The maximum absolute atomic E-state index is 12.2. The van der Waals surface area contributed by atoms with Gasteiger partial charge in [-0.3, -0.25) is 4.79 Å². The van der Waals surface area contributed by atoms with Crippen molar-refractivity contribution in [3.8, 4) is 0 Å². The van der Waals surface area contributed by atoms with E-state index in [1.54, 1.807) is 12.1 Å². The highest BCUT2D eigenvalue weighted by Gasteiger charge is 2.20. The van der Waals surface area contributed by atoms with Gasteiger partial charge in [-0.1, -0.05) is 37.3 Å². The van der Waals surface area contributed by atoms with Crippen LogP contribution in [0.1, 0.15) is 38.5 Å². The molecule has 18 heavy (non-hydrogen) atoms. The first-order chi connectivity index (χ1) is 8.66. The molecule has 0 atom stereocenters. The number of benzene rings is 1. The van der Waals surface area contributed by atoms with Gasteiger partial charge in [0.1, 0.15) is 0 Å². The lowest BCUT2D eigenvalue weighted by Gasteiger charge is -2.15. The van der Waals surface area contributed by atoms with Gasteiger partial charge in [-0.15, -0.1) is 0 Å². The second-order valence-electron chi connectivity index (χ2n) is 4.80. The summed E-state index contributed by atoms with van der Waals surface area (Å²) in [6, 6.07) is 5.42. The molecule has 2 rings (SSSR count). The zero-order valence-corrected chi connectivity index (χ0v) is 12.6. The molecule has 0 heterocycles. The van der Waals surface area contributed by atoms with Gasteiger partial charge in [0.05, 0.1) is 5.69 Å². The Morgan fingerprint density at radius 1 is 1.22 bits per heavy atom. The third-order valence-corrected chi connectivity index (χ3v) is 4.31. The molecule has 1 N–H and O–H groups in total. The van der Waals surface area contributed by atoms with Crippen molar-refractivity contribution in [3.05, 3.63) is 27.7 Å². The number of anilines is 1. The van der Waals surface area contributed by atoms with Crippen LogP contribution in [0.5, 0.6) is 0 Å². The third kappa shape index (κ3) is 3.72. The van der Waals surface area contributed by atoms with Gasteiger partial charge in [0.2, 0.25) is 5.91 Å². The minimum atomic E-state index is 0.139. The quantitative estimate of drug-likeness (QED) is 0.759. The van der Waals surface area contributed by atoms with E-state index in [9.17, 15) is 4.79 Å². The predicted octanol–water partition coefficient (Wildman–Crippen LogP) is 5.01. The molecule has 1 aliphatic rings. The Morgan fingerprint density at radius 3 is 2.50 bits per heavy atom. The van der Waals surface area contributed by atoms with Crippen LogP contribution in [0.3, 0.4) is 0 Å². The third-order valence-electron chi connectivity index (χ3n) is 3.41. The second kappa shape index (κ2) is 6.58. The Labute approximate surface area is 121 Å². The minimum Gasteiger partial charge on any atom is -0.325 e. The fourth-order valence-corrected chi connectivity index (χ4v) is 3.15. The van der Waals surface area contributed by atoms with E-state index in [0.717, 1.165) is 23.0 Å². The first-order valence-electron chi connectivity index (χ1n) is 6.43. The molecule has 1 fully saturated rings. The molecule has 4 heteroatoms. The topological polar surface area (TPSA) is 29.1 Å². The average molecular weight is 331 g/mol. The van der Waals surface area contributed by atoms with Crippen molar-refractivity contribution in [2.75, 3.05) is 5.32 Å². The number of rotatable bonds is 2. The fourth-order valence-electron chi connectivity index (χ4n) is 2.37. The Bertz CT molecular complexity index is 428. The highest BCUT2D eigenvalue weighted by molar-refractivity contribution is 9.10. The van der Waals surface area contributed by atoms with Crippen molar-refractivity contribution in [1.82, 2.24) is 0 Å². The van der Waals surface area contributed by atoms with Crippen molar-refractivity contribution in [2.45, 2.75) is 38.5 Å². The summed E-state index contributed by atoms with van der Waals surface area (Å²) in [6.07, 6.45) is 6.87. The molecule has 0 saturated heterocycles. The van der Waals surface area contributed by atoms with Gasteiger partial charge in [-0.05, 0) is 47.0 Å². The Morgan fingerprint density at radius 2 is 1.89 bits per heavy atom. The number of carbonyl (C=O) groups excluding carboxylic acids is 1. The van der Waals surface area contributed by atoms with Gasteiger partial charge in [0, 0.05) is 15.4 Å². The van der Waals surface area contributed by atoms with E-state index in [0.29, 0.717) is 5.02 Å². The minimum absolute atomic E-state index is 0.139. The number of halogens is 2. The number of carbonyl (C=O) groups is 1. The van der Waals surface area contributed by atoms with Crippen LogP contribution in [-0.2, 0) is 4.79 Å². The van der Waals surface area contributed by atoms with Gasteiger partial charge in [-0.25, -0.2) is 0 Å². The molecule has 0 bridgehead atoms. The number of amides is 1. The molecule has 1 aromatic rings. The molecule has 0 aliphatic heterocycles. The average Bonchev–Trinajstić information content (AvgIpc) is 2.61. The van der Waals surface area contributed by atoms with Crippen molar-refractivity contribution < 1.29 is 4.79 Å². The van der Waals surface area contributed by atoms with Crippen LogP contribution in [0.4, 0.5) is 5.69 Å². The van der Waals surface area contributed by atoms with Crippen LogP contribution in [0.25, 0.3) is 0 Å². The van der Waals surface area contributed by atoms with Crippen LogP contribution >= 0.6 is 27.5 Å². The molecule has 0 radical (unpaired) electrons. The van der Waals surface area contributed by atoms with Gasteiger partial charge < -0.3 is 5.32 Å². The van der Waals surface area contributed by atoms with Crippen molar-refractivity contribution in [3.63, 3.8) is 0 Å². The van der Waals surface area contributed by atoms with Crippen LogP contribution in [0.2, 0.25) is 5.02 Å². The molecule has 1 amide bonds. The molecule has 1 saturated carbocycles. The lowest BCUT2D eigenvalue weighted by atomic mass is 9.99. The van der Waals surface area contributed by atoms with Crippen LogP contribution in [-0.4, -0.2) is 5.91 Å². The second-order valence-corrected chi connectivity index (χ2v) is 6.09. The zero-order valence-electron chi connectivity index (χ0n) is 10.2. The molecule has 2 nitrogen and oxygen atoms in total. The van der Waals surface area contributed by atoms with Gasteiger partial charge in [0.25, 0.3) is 0 Å². The highest BCUT2D eigenvalue weighted by atomic mass is 79.9. The SMILES string of the molecule is O=C(Nc1ccc(Cl)cc1Br)C1CCCCCC1. The van der Waals surface area contributed by atoms with Crippen molar-refractivity contribution >= 4 is 39.1 Å². The molecule has 1 aromatic carbocycles. The van der Waals surface area contributed by atoms with Crippen molar-refractivity contribution in [1.29, 1.82) is 0 Å². The summed E-state index contributed by atoms with van der Waals surface area (Å²) in [7, 11) is 0. The van der Waals surface area contributed by atoms with E-state index >= 15 is 0 Å². The van der Waals surface area contributed by atoms with E-state index in [-0.39, 0.29) is 11.8 Å². The molecule has 98 valence electrons. The van der Waals surface area contributed by atoms with E-state index in [1.165, 1.54) is 25.7 Å². The molecule has 0 spiro atoms. The van der Waals surface area contributed by atoms with E-state index in [2.05, 4.69) is 21.2 Å². The smallest absolute Gasteiger partial charge is 0.227 e. The first kappa shape index (κ1) is 13.9. The molecule has 0 unspecified atom stereocenters. The predicted molar refractivity (Wildman–Crippen MR) is 79.0 cm³/mol. The molecule has 1 aliphatic carbocycles. The van der Waals surface area contributed by atoms with E-state index in [1.807, 2.05) is 6.07 Å². The number of hydrogen-bond donors (Lipinski definition) is 1. The number of nitrogens with one attached hydrogen (secondary N) is 1. The van der Waals surface area contributed by atoms with Gasteiger partial charge in [0.15, 0.2) is 0 Å². The maximum Gasteiger partial charge on any atom is 0.227 e. The molecular formula is C14H17BrClNO. The first-order valence-corrected chi connectivity index (χ1v) is 7.60. The van der Waals surface area contributed by atoms with Crippen LogP contribution in [0.15, 0.2) is 22.7 Å². The van der Waals surface area contributed by atoms with Gasteiger partial charge in [-0.2, -0.15) is 0 Å².